The predicted molar refractivity (Wildman–Crippen MR) is 585 cm³/mol. The molecular formula is C103H140ClI4N4NaO22S3. The van der Waals surface area contributed by atoms with Gasteiger partial charge >= 0.3 is 49.8 Å². The van der Waals surface area contributed by atoms with Gasteiger partial charge in [0, 0.05) is 44.1 Å². The van der Waals surface area contributed by atoms with Gasteiger partial charge in [0.05, 0.1) is 74.5 Å². The van der Waals surface area contributed by atoms with E-state index in [-0.39, 0.29) is 127 Å². The van der Waals surface area contributed by atoms with Crippen molar-refractivity contribution in [2.45, 2.75) is 203 Å². The molecular weight excluding hydrogens is 2310 g/mol. The molecule has 0 aliphatic heterocycles. The van der Waals surface area contributed by atoms with Gasteiger partial charge in [-0.3, -0.25) is 14.6 Å². The molecule has 10 aromatic rings. The summed E-state index contributed by atoms with van der Waals surface area (Å²) in [6, 6.07) is 53.7. The summed E-state index contributed by atoms with van der Waals surface area (Å²) in [5, 5.41) is 46.4. The van der Waals surface area contributed by atoms with Crippen molar-refractivity contribution in [3.63, 3.8) is 0 Å². The van der Waals surface area contributed by atoms with Crippen molar-refractivity contribution in [3.8, 4) is 92.6 Å². The number of phenolic OH excluding ortho intramolecular Hbond substituents is 3. The monoisotopic (exact) mass is 2450 g/mol. The number of halogens is 5. The molecule has 0 aromatic heterocycles. The Kier molecular flexibility index (Phi) is 65.1. The standard InChI is InChI=1S/C17H26IN3O2.C17H19IO4S.C17H20O4S.C12H14INO2.C10H13IO2.C10H14O2.C9H10O3.C7H7ClO2S.4CH4.Na.H2O/c1-11(2)12-8-15(22-7)13(18)9-14(12)23-16(10-19)17(20(3)4)21(5)6;1-11(2)14-9-17(21-4)15(18)10-16(14)22-23(19,20)13-7-5-12(3)6-8-13;1-12(2)16-11-14(20-4)7-10-17(16)21-22(18,19)15-8-5-13(3)6-9-15;1-8(2)9-6-12(15-3)10(13)7-11(9)16-5-4-14;1-6(2)7-4-10(13-3)8(11)5-9(7)12;1-7(2)9-6-8(12-3)4-5-10(9)11;1-6(10)8-5-7(12-2)3-4-9(8)11;1-6-2-4-7(5-3-6)11(8,9)10;;;;;;/h8-9,11,16-17H,1-7H3;5-11H,1-4H3;5-12H,1-4H3;6-8H,5H2,1-3H3;4-6,12H,1-3H3;4-7,11H,1-3H3;3-5,11H,1-2H3;2-5H,1H3;4*1H4;;1H2/q;;;;;;;;;;;;+1;/p-1. The molecule has 0 aliphatic rings. The van der Waals surface area contributed by atoms with Gasteiger partial charge in [0.1, 0.15) is 109 Å². The second-order valence-electron chi connectivity index (χ2n) is 31.7. The maximum absolute atomic E-state index is 12.5. The fourth-order valence-electron chi connectivity index (χ4n) is 12.0. The van der Waals surface area contributed by atoms with Crippen LogP contribution < -0.4 is 80.6 Å². The van der Waals surface area contributed by atoms with Crippen LogP contribution in [0.3, 0.4) is 0 Å². The zero-order chi connectivity index (χ0) is 100. The molecule has 26 nitrogen and oxygen atoms in total. The number of nitrogens with zero attached hydrogens (tertiary/aromatic N) is 4. The molecule has 0 saturated heterocycles. The first-order valence-electron chi connectivity index (χ1n) is 41.3. The summed E-state index contributed by atoms with van der Waals surface area (Å²) in [6.07, 6.45) is -0.735. The number of ether oxygens (including phenoxy) is 9. The summed E-state index contributed by atoms with van der Waals surface area (Å²) in [5.41, 5.74) is 8.81. The Balaban J connectivity index is -0.000000750. The van der Waals surface area contributed by atoms with Crippen molar-refractivity contribution in [1.82, 2.24) is 9.80 Å². The van der Waals surface area contributed by atoms with Gasteiger partial charge in [-0.1, -0.05) is 166 Å². The van der Waals surface area contributed by atoms with Crippen molar-refractivity contribution < 1.29 is 131 Å². The topological polar surface area (TPSA) is 366 Å². The molecule has 0 amide bonds. The molecule has 0 fully saturated rings. The van der Waals surface area contributed by atoms with E-state index < -0.39 is 35.4 Å². The Morgan fingerprint density at radius 1 is 0.384 bits per heavy atom. The van der Waals surface area contributed by atoms with Crippen LogP contribution in [0.5, 0.6) is 80.5 Å². The molecule has 0 spiro atoms. The molecule has 4 N–H and O–H groups in total. The van der Waals surface area contributed by atoms with E-state index in [1.807, 2.05) is 163 Å². The molecule has 0 saturated carbocycles. The molecule has 0 radical (unpaired) electrons. The summed E-state index contributed by atoms with van der Waals surface area (Å²) in [7, 11) is 12.8. The normalized spacial score (nSPS) is 10.7. The van der Waals surface area contributed by atoms with Crippen LogP contribution in [0.15, 0.2) is 191 Å². The third kappa shape index (κ3) is 43.8. The number of carbonyl (C=O) groups is 1. The third-order valence-corrected chi connectivity index (χ3v) is 26.5. The molecule has 10 rings (SSSR count). The van der Waals surface area contributed by atoms with Gasteiger partial charge in [-0.2, -0.15) is 27.4 Å². The van der Waals surface area contributed by atoms with Crippen LogP contribution in [0.4, 0.5) is 0 Å². The van der Waals surface area contributed by atoms with Crippen molar-refractivity contribution in [2.75, 3.05) is 84.6 Å². The Hall–Kier alpha value is -8.01. The summed E-state index contributed by atoms with van der Waals surface area (Å²) < 4.78 is 133. The molecule has 1 atom stereocenters. The van der Waals surface area contributed by atoms with Gasteiger partial charge in [-0.25, -0.2) is 8.42 Å². The second-order valence-corrected chi connectivity index (χ2v) is 42.0. The molecule has 0 aliphatic carbocycles. The summed E-state index contributed by atoms with van der Waals surface area (Å²) >= 11 is 8.65. The molecule has 138 heavy (non-hydrogen) atoms. The van der Waals surface area contributed by atoms with Crippen LogP contribution >= 0.6 is 101 Å². The maximum Gasteiger partial charge on any atom is 1.00 e. The number of aryl methyl sites for hydroxylation is 3. The summed E-state index contributed by atoms with van der Waals surface area (Å²) in [6.45, 7) is 31.6. The minimum Gasteiger partial charge on any atom is -0.870 e. The largest absolute Gasteiger partial charge is 1.00 e. The van der Waals surface area contributed by atoms with E-state index >= 15 is 0 Å². The number of benzene rings is 10. The molecule has 10 aromatic carbocycles. The Morgan fingerprint density at radius 3 is 1.02 bits per heavy atom. The Labute approximate surface area is 904 Å². The van der Waals surface area contributed by atoms with Crippen LogP contribution in [-0.2, 0) is 29.3 Å². The second kappa shape index (κ2) is 66.0. The number of Topliss-reactive ketones (excluding diaryl/α,β-unsaturated/α-hetero) is 1. The minimum atomic E-state index is -3.87. The fourth-order valence-corrected chi connectivity index (χ4v) is 17.3. The molecule has 1 unspecified atom stereocenters. The van der Waals surface area contributed by atoms with E-state index in [0.717, 1.165) is 98.8 Å². The van der Waals surface area contributed by atoms with Gasteiger partial charge in [0.15, 0.2) is 12.4 Å². The number of methoxy groups -OCH3 is 7. The third-order valence-electron chi connectivity index (χ3n) is 19.2. The number of rotatable bonds is 28. The number of ketones is 1. The van der Waals surface area contributed by atoms with Crippen LogP contribution in [0.2, 0.25) is 0 Å². The van der Waals surface area contributed by atoms with Crippen molar-refractivity contribution >= 4 is 136 Å². The van der Waals surface area contributed by atoms with E-state index in [1.54, 1.807) is 152 Å². The van der Waals surface area contributed by atoms with Crippen molar-refractivity contribution in [3.05, 3.63) is 246 Å². The average Bonchev–Trinajstić information content (AvgIpc) is 0.865. The van der Waals surface area contributed by atoms with Crippen LogP contribution in [0, 0.1) is 57.7 Å². The smallest absolute Gasteiger partial charge is 0.870 e. The van der Waals surface area contributed by atoms with Gasteiger partial charge < -0.3 is 71.8 Å². The molecule has 0 bridgehead atoms. The first-order valence-corrected chi connectivity index (χ1v) is 50.7. The number of nitriles is 2. The average molecular weight is 2450 g/mol. The summed E-state index contributed by atoms with van der Waals surface area (Å²) in [4.78, 5) is 15.3. The first-order chi connectivity index (χ1) is 61.7. The number of phenols is 3. The first kappa shape index (κ1) is 136. The van der Waals surface area contributed by atoms with Gasteiger partial charge in [0.25, 0.3) is 9.05 Å². The van der Waals surface area contributed by atoms with Gasteiger partial charge in [-0.15, -0.1) is 0 Å². The molecule has 758 valence electrons. The molecule has 35 heteroatoms. The number of carbonyl (C=O) groups excluding carboxylic acids is 1. The zero-order valence-corrected chi connectivity index (χ0v) is 94.9. The van der Waals surface area contributed by atoms with E-state index in [2.05, 4.69) is 124 Å². The molecule has 0 heterocycles. The van der Waals surface area contributed by atoms with Crippen LogP contribution in [0.1, 0.15) is 216 Å². The quantitative estimate of drug-likeness (QED) is 0.0102. The van der Waals surface area contributed by atoms with Gasteiger partial charge in [0.2, 0.25) is 6.10 Å². The number of hydrogen-bond acceptors (Lipinski definition) is 26. The van der Waals surface area contributed by atoms with E-state index in [4.69, 9.17) is 66.9 Å². The van der Waals surface area contributed by atoms with E-state index in [0.29, 0.717) is 58.0 Å². The minimum absolute atomic E-state index is 0. The zero-order valence-electron chi connectivity index (χ0n) is 81.1. The fraction of sp³-hybridized carbons (Fsp3) is 0.388. The number of aromatic hydroxyl groups is 3. The maximum atomic E-state index is 12.5. The van der Waals surface area contributed by atoms with Crippen LogP contribution in [0.25, 0.3) is 0 Å². The van der Waals surface area contributed by atoms with E-state index in [9.17, 15) is 50.6 Å². The van der Waals surface area contributed by atoms with E-state index in [1.165, 1.54) is 38.3 Å². The number of likely N-dealkylation sites (N-methyl/N-ethyl adjacent to an activating group) is 2. The number of hydrogen-bond donors (Lipinski definition) is 3. The Morgan fingerprint density at radius 2 is 0.681 bits per heavy atom. The predicted octanol–water partition coefficient (Wildman–Crippen LogP) is 23.4. The SMILES string of the molecule is C.C.C.C.COc1cc(C(C)C)c(O)cc1I.COc1cc(C(C)C)c(OC(C#N)C(N(C)C)N(C)C)cc1I.COc1cc(C(C)C)c(OCC#N)cc1I.COc1cc(C(C)C)c(OS(=O)(=O)c2ccc(C)cc2)cc1I.COc1ccc(O)c(C(C)=O)c1.COc1ccc(O)c(C(C)C)c1.COc1ccc(OS(=O)(=O)c2ccc(C)cc2)c(C(C)C)c1.Cc1ccc(S(=O)(=O)Cl)cc1.[Na+].[OH-]. The summed E-state index contributed by atoms with van der Waals surface area (Å²) in [5.74, 6) is 9.34. The van der Waals surface area contributed by atoms with Gasteiger partial charge in [-0.05, 0) is 321 Å². The Bertz CT molecular complexity index is 5840. The van der Waals surface area contributed by atoms with Crippen molar-refractivity contribution in [2.24, 2.45) is 0 Å². The van der Waals surface area contributed by atoms with Crippen LogP contribution in [-0.4, -0.2) is 158 Å². The van der Waals surface area contributed by atoms with Crippen molar-refractivity contribution in [1.29, 1.82) is 10.5 Å².